The van der Waals surface area contributed by atoms with Gasteiger partial charge < -0.3 is 22.8 Å². The molecule has 3 aromatic carbocycles. The Bertz CT molecular complexity index is 873. The summed E-state index contributed by atoms with van der Waals surface area (Å²) in [7, 11) is 1.52. The van der Waals surface area contributed by atoms with Gasteiger partial charge in [0.25, 0.3) is 0 Å². The van der Waals surface area contributed by atoms with Gasteiger partial charge >= 0.3 is 0 Å². The van der Waals surface area contributed by atoms with E-state index in [4.69, 9.17) is 12.5 Å². The van der Waals surface area contributed by atoms with Gasteiger partial charge in [0.2, 0.25) is 0 Å². The van der Waals surface area contributed by atoms with Crippen molar-refractivity contribution in [3.05, 3.63) is 108 Å². The van der Waals surface area contributed by atoms with E-state index in [2.05, 4.69) is 36.4 Å². The summed E-state index contributed by atoms with van der Waals surface area (Å²) in [5, 5.41) is 21.7. The molecule has 0 spiro atoms. The summed E-state index contributed by atoms with van der Waals surface area (Å²) in [4.78, 5) is 0. The minimum absolute atomic E-state index is 0.227. The smallest absolute Gasteiger partial charge is 0.143 e. The second-order valence-corrected chi connectivity index (χ2v) is 9.05. The van der Waals surface area contributed by atoms with Gasteiger partial charge in [0.15, 0.2) is 0 Å². The molecule has 0 saturated heterocycles. The van der Waals surface area contributed by atoms with E-state index in [0.29, 0.717) is 0 Å². The Kier molecular flexibility index (Phi) is 10.1. The molecule has 182 valence electrons. The normalized spacial score (nSPS) is 16.4. The third-order valence-corrected chi connectivity index (χ3v) is 6.90. The van der Waals surface area contributed by atoms with Gasteiger partial charge in [0.05, 0.1) is 18.8 Å². The summed E-state index contributed by atoms with van der Waals surface area (Å²) in [5.74, 6) is -0.339. The lowest BCUT2D eigenvalue weighted by atomic mass is 9.80. The number of ether oxygens (including phenoxy) is 2. The zero-order valence-corrected chi connectivity index (χ0v) is 21.9. The monoisotopic (exact) mass is 576 g/mol. The Hall–Kier alpha value is -1.81. The maximum absolute atomic E-state index is 11.1. The second kappa shape index (κ2) is 12.8. The van der Waals surface area contributed by atoms with Crippen molar-refractivity contribution in [3.8, 4) is 0 Å². The van der Waals surface area contributed by atoms with Crippen LogP contribution in [0.4, 0.5) is 0 Å². The zero-order chi connectivity index (χ0) is 24.6. The topological polar surface area (TPSA) is 68.2 Å². The summed E-state index contributed by atoms with van der Waals surface area (Å²) < 4.78 is 17.5. The first kappa shape index (κ1) is 26.8. The molecule has 0 radical (unpaired) electrons. The third-order valence-electron chi connectivity index (χ3n) is 6.32. The number of aliphatic hydroxyl groups excluding tert-OH is 2. The molecule has 0 bridgehead atoms. The van der Waals surface area contributed by atoms with Gasteiger partial charge in [-0.1, -0.05) is 97.9 Å². The molecular weight excluding hydrogens is 543 g/mol. The number of hydrogen-bond donors (Lipinski definition) is 2. The van der Waals surface area contributed by atoms with Crippen molar-refractivity contribution in [2.24, 2.45) is 5.92 Å². The molecule has 3 aromatic rings. The van der Waals surface area contributed by atoms with Crippen LogP contribution in [0.3, 0.4) is 0 Å². The van der Waals surface area contributed by atoms with E-state index in [1.54, 1.807) is 29.9 Å². The van der Waals surface area contributed by atoms with Gasteiger partial charge in [-0.05, 0) is 23.6 Å². The van der Waals surface area contributed by atoms with Crippen LogP contribution < -0.4 is 0 Å². The first-order valence-electron chi connectivity index (χ1n) is 11.4. The zero-order valence-electron chi connectivity index (χ0n) is 19.8. The van der Waals surface area contributed by atoms with Crippen LogP contribution >= 0.6 is 23.0 Å². The Morgan fingerprint density at radius 3 is 1.50 bits per heavy atom. The maximum Gasteiger partial charge on any atom is 0.143 e. The SMILES string of the molecule is COC(C)C(O)C(OI)C(O)C(C)COC(c1ccccc1)(c1ccccc1)c1ccccc1. The summed E-state index contributed by atoms with van der Waals surface area (Å²) >= 11 is 1.72. The summed E-state index contributed by atoms with van der Waals surface area (Å²) in [6, 6.07) is 30.3. The van der Waals surface area contributed by atoms with E-state index in [9.17, 15) is 10.2 Å². The molecule has 5 unspecified atom stereocenters. The molecule has 0 amide bonds. The summed E-state index contributed by atoms with van der Waals surface area (Å²) in [6.45, 7) is 3.86. The van der Waals surface area contributed by atoms with Crippen LogP contribution in [-0.4, -0.2) is 48.3 Å². The van der Waals surface area contributed by atoms with Crippen molar-refractivity contribution in [3.63, 3.8) is 0 Å². The van der Waals surface area contributed by atoms with Crippen LogP contribution in [0.1, 0.15) is 30.5 Å². The quantitative estimate of drug-likeness (QED) is 0.232. The molecule has 0 aliphatic heterocycles. The molecule has 34 heavy (non-hydrogen) atoms. The fourth-order valence-electron chi connectivity index (χ4n) is 4.16. The van der Waals surface area contributed by atoms with Crippen molar-refractivity contribution in [1.82, 2.24) is 0 Å². The van der Waals surface area contributed by atoms with E-state index >= 15 is 0 Å². The van der Waals surface area contributed by atoms with Crippen molar-refractivity contribution in [2.75, 3.05) is 13.7 Å². The van der Waals surface area contributed by atoms with Crippen LogP contribution in [0.2, 0.25) is 0 Å². The van der Waals surface area contributed by atoms with Crippen molar-refractivity contribution < 1.29 is 22.8 Å². The standard InChI is InChI=1S/C28H33IO5/c1-20(25(30)27(34-29)26(31)21(2)32-3)19-33-28(22-13-7-4-8-14-22,23-15-9-5-10-16-23)24-17-11-6-12-18-24/h4-18,20-21,25-27,30-31H,19H2,1-3H3. The predicted octanol–water partition coefficient (Wildman–Crippen LogP) is 5.12. The Morgan fingerprint density at radius 2 is 1.15 bits per heavy atom. The highest BCUT2D eigenvalue weighted by Crippen LogP contribution is 2.41. The molecular formula is C28H33IO5. The Balaban J connectivity index is 1.98. The number of methoxy groups -OCH3 is 1. The van der Waals surface area contributed by atoms with Crippen LogP contribution in [0.5, 0.6) is 0 Å². The van der Waals surface area contributed by atoms with Gasteiger partial charge in [0.1, 0.15) is 40.8 Å². The Morgan fingerprint density at radius 1 is 0.735 bits per heavy atom. The minimum Gasteiger partial charge on any atom is -0.390 e. The van der Waals surface area contributed by atoms with Crippen LogP contribution in [0.15, 0.2) is 91.0 Å². The number of rotatable bonds is 12. The molecule has 2 N–H and O–H groups in total. The average Bonchev–Trinajstić information content (AvgIpc) is 2.90. The average molecular weight is 576 g/mol. The summed E-state index contributed by atoms with van der Waals surface area (Å²) in [5.41, 5.74) is 2.09. The van der Waals surface area contributed by atoms with Crippen LogP contribution in [0, 0.1) is 5.92 Å². The van der Waals surface area contributed by atoms with Crippen LogP contribution in [0.25, 0.3) is 0 Å². The van der Waals surface area contributed by atoms with Gasteiger partial charge in [-0.15, -0.1) is 0 Å². The van der Waals surface area contributed by atoms with E-state index in [1.807, 2.05) is 61.5 Å². The van der Waals surface area contributed by atoms with Crippen molar-refractivity contribution >= 4 is 23.0 Å². The molecule has 0 aromatic heterocycles. The van der Waals surface area contributed by atoms with E-state index < -0.39 is 30.0 Å². The fourth-order valence-corrected chi connectivity index (χ4v) is 4.76. The first-order valence-corrected chi connectivity index (χ1v) is 12.3. The van der Waals surface area contributed by atoms with Crippen molar-refractivity contribution in [2.45, 2.75) is 43.9 Å². The number of halogens is 1. The third kappa shape index (κ3) is 5.87. The van der Waals surface area contributed by atoms with Gasteiger partial charge in [0, 0.05) is 13.0 Å². The molecule has 6 heteroatoms. The highest BCUT2D eigenvalue weighted by atomic mass is 127. The molecule has 0 heterocycles. The molecule has 3 rings (SSSR count). The summed E-state index contributed by atoms with van der Waals surface area (Å²) in [6.07, 6.45) is -3.26. The molecule has 0 saturated carbocycles. The van der Waals surface area contributed by atoms with Crippen LogP contribution in [-0.2, 0) is 18.1 Å². The lowest BCUT2D eigenvalue weighted by molar-refractivity contribution is -0.112. The number of aliphatic hydroxyl groups is 2. The van der Waals surface area contributed by atoms with E-state index in [0.717, 1.165) is 16.7 Å². The highest BCUT2D eigenvalue weighted by Gasteiger charge is 2.40. The molecule has 0 aliphatic rings. The molecule has 5 atom stereocenters. The Labute approximate surface area is 216 Å². The first-order chi connectivity index (χ1) is 16.5. The van der Waals surface area contributed by atoms with Gasteiger partial charge in [-0.3, -0.25) is 0 Å². The molecule has 0 fully saturated rings. The number of hydrogen-bond acceptors (Lipinski definition) is 5. The molecule has 5 nitrogen and oxygen atoms in total. The van der Waals surface area contributed by atoms with Gasteiger partial charge in [-0.2, -0.15) is 0 Å². The lowest BCUT2D eigenvalue weighted by Gasteiger charge is -2.38. The van der Waals surface area contributed by atoms with Crippen molar-refractivity contribution in [1.29, 1.82) is 0 Å². The second-order valence-electron chi connectivity index (χ2n) is 8.54. The fraction of sp³-hybridized carbons (Fsp3) is 0.357. The van der Waals surface area contributed by atoms with E-state index in [-0.39, 0.29) is 12.5 Å². The predicted molar refractivity (Wildman–Crippen MR) is 142 cm³/mol. The molecule has 0 aliphatic carbocycles. The maximum atomic E-state index is 11.1. The minimum atomic E-state index is -0.985. The lowest BCUT2D eigenvalue weighted by Crippen LogP contribution is -2.48. The number of benzene rings is 3. The van der Waals surface area contributed by atoms with Gasteiger partial charge in [-0.25, -0.2) is 0 Å². The largest absolute Gasteiger partial charge is 0.390 e. The van der Waals surface area contributed by atoms with E-state index in [1.165, 1.54) is 7.11 Å². The highest BCUT2D eigenvalue weighted by molar-refractivity contribution is 14.1.